The summed E-state index contributed by atoms with van der Waals surface area (Å²) in [6, 6.07) is -1.75. The maximum atomic E-state index is 11.3. The first kappa shape index (κ1) is 13.9. The lowest BCUT2D eigenvalue weighted by Gasteiger charge is -2.21. The van der Waals surface area contributed by atoms with Crippen molar-refractivity contribution < 1.29 is 14.7 Å². The molecule has 0 unspecified atom stereocenters. The maximum Gasteiger partial charge on any atom is 0.326 e. The molecule has 0 heterocycles. The van der Waals surface area contributed by atoms with E-state index in [9.17, 15) is 9.59 Å². The maximum absolute atomic E-state index is 11.3. The first-order valence-electron chi connectivity index (χ1n) is 4.92. The number of hydrogen-bond donors (Lipinski definition) is 4. The Bertz CT molecular complexity index is 233. The fourth-order valence-corrected chi connectivity index (χ4v) is 1.05. The molecule has 0 fully saturated rings. The van der Waals surface area contributed by atoms with Gasteiger partial charge in [0.25, 0.3) is 0 Å². The van der Waals surface area contributed by atoms with E-state index in [0.717, 1.165) is 0 Å². The van der Waals surface area contributed by atoms with Gasteiger partial charge in [-0.05, 0) is 5.92 Å². The lowest BCUT2D eigenvalue weighted by molar-refractivity contribution is -0.143. The fourth-order valence-electron chi connectivity index (χ4n) is 1.05. The number of amides is 1. The summed E-state index contributed by atoms with van der Waals surface area (Å²) in [5.41, 5.74) is 10.6. The van der Waals surface area contributed by atoms with E-state index in [0.29, 0.717) is 6.42 Å². The molecule has 0 rings (SSSR count). The van der Waals surface area contributed by atoms with Crippen LogP contribution in [0.2, 0.25) is 0 Å². The number of carbonyl (C=O) groups excluding carboxylic acids is 1. The van der Waals surface area contributed by atoms with Gasteiger partial charge >= 0.3 is 5.97 Å². The van der Waals surface area contributed by atoms with Crippen LogP contribution in [0.4, 0.5) is 0 Å². The Hall–Kier alpha value is -1.14. The fraction of sp³-hybridized carbons (Fsp3) is 0.778. The molecule has 15 heavy (non-hydrogen) atoms. The normalized spacial score (nSPS) is 16.5. The van der Waals surface area contributed by atoms with Crippen LogP contribution in [0.1, 0.15) is 20.3 Å². The molecule has 0 aromatic carbocycles. The molecule has 88 valence electrons. The van der Waals surface area contributed by atoms with Gasteiger partial charge < -0.3 is 21.9 Å². The number of rotatable bonds is 6. The van der Waals surface area contributed by atoms with Gasteiger partial charge in [0.15, 0.2) is 0 Å². The lowest BCUT2D eigenvalue weighted by atomic mass is 9.99. The van der Waals surface area contributed by atoms with Crippen molar-refractivity contribution in [1.29, 1.82) is 0 Å². The molecule has 1 amide bonds. The van der Waals surface area contributed by atoms with Gasteiger partial charge in [0.2, 0.25) is 5.91 Å². The highest BCUT2D eigenvalue weighted by molar-refractivity contribution is 5.87. The van der Waals surface area contributed by atoms with Gasteiger partial charge in [-0.3, -0.25) is 4.79 Å². The summed E-state index contributed by atoms with van der Waals surface area (Å²) in [5, 5.41) is 11.3. The van der Waals surface area contributed by atoms with Crippen molar-refractivity contribution in [3.8, 4) is 0 Å². The Morgan fingerprint density at radius 2 is 2.00 bits per heavy atom. The molecule has 0 aromatic heterocycles. The largest absolute Gasteiger partial charge is 0.480 e. The highest BCUT2D eigenvalue weighted by atomic mass is 16.4. The molecule has 0 radical (unpaired) electrons. The lowest BCUT2D eigenvalue weighted by Crippen LogP contribution is -2.53. The highest BCUT2D eigenvalue weighted by Gasteiger charge is 2.26. The highest BCUT2D eigenvalue weighted by Crippen LogP contribution is 2.07. The predicted molar refractivity (Wildman–Crippen MR) is 56.1 cm³/mol. The summed E-state index contributed by atoms with van der Waals surface area (Å²) in [6.07, 6.45) is 0.662. The monoisotopic (exact) mass is 217 g/mol. The topological polar surface area (TPSA) is 118 Å². The summed E-state index contributed by atoms with van der Waals surface area (Å²) in [6.45, 7) is 3.61. The minimum absolute atomic E-state index is 0.00131. The molecule has 0 aromatic rings. The van der Waals surface area contributed by atoms with E-state index in [1.165, 1.54) is 0 Å². The number of hydrogen-bond acceptors (Lipinski definition) is 4. The van der Waals surface area contributed by atoms with Gasteiger partial charge in [-0.25, -0.2) is 4.79 Å². The summed E-state index contributed by atoms with van der Waals surface area (Å²) in [5.74, 6) is -1.72. The molecule has 0 aliphatic rings. The van der Waals surface area contributed by atoms with Gasteiger partial charge in [0, 0.05) is 6.54 Å². The van der Waals surface area contributed by atoms with Crippen LogP contribution >= 0.6 is 0 Å². The van der Waals surface area contributed by atoms with Gasteiger partial charge in [-0.2, -0.15) is 0 Å². The molecule has 0 spiro atoms. The number of aliphatic carboxylic acids is 1. The molecule has 0 saturated heterocycles. The smallest absolute Gasteiger partial charge is 0.326 e. The summed E-state index contributed by atoms with van der Waals surface area (Å²) in [4.78, 5) is 22.2. The third-order valence-corrected chi connectivity index (χ3v) is 2.37. The summed E-state index contributed by atoms with van der Waals surface area (Å²) in [7, 11) is 0. The van der Waals surface area contributed by atoms with E-state index >= 15 is 0 Å². The quantitative estimate of drug-likeness (QED) is 0.450. The first-order chi connectivity index (χ1) is 6.93. The average molecular weight is 217 g/mol. The second kappa shape index (κ2) is 6.36. The molecular weight excluding hydrogens is 198 g/mol. The molecule has 0 bridgehead atoms. The van der Waals surface area contributed by atoms with Crippen LogP contribution in [0.3, 0.4) is 0 Å². The third kappa shape index (κ3) is 4.26. The molecule has 6 N–H and O–H groups in total. The van der Waals surface area contributed by atoms with Gasteiger partial charge in [0.05, 0.1) is 6.04 Å². The number of carbonyl (C=O) groups is 2. The third-order valence-electron chi connectivity index (χ3n) is 2.37. The van der Waals surface area contributed by atoms with Crippen LogP contribution in [0, 0.1) is 5.92 Å². The van der Waals surface area contributed by atoms with Gasteiger partial charge in [0.1, 0.15) is 6.04 Å². The molecule has 3 atom stereocenters. The standard InChI is InChI=1S/C9H19N3O3/c1-3-5(2)7(9(14)15)12-8(13)6(11)4-10/h5-7H,3-4,10-11H2,1-2H3,(H,12,13)(H,14,15)/t5-,6-,7-/m0/s1. The van der Waals surface area contributed by atoms with Gasteiger partial charge in [-0.15, -0.1) is 0 Å². The molecular formula is C9H19N3O3. The number of nitrogens with one attached hydrogen (secondary N) is 1. The van der Waals surface area contributed by atoms with Crippen molar-refractivity contribution in [3.63, 3.8) is 0 Å². The SMILES string of the molecule is CC[C@H](C)[C@H](NC(=O)[C@@H](N)CN)C(=O)O. The first-order valence-corrected chi connectivity index (χ1v) is 4.92. The second-order valence-corrected chi connectivity index (χ2v) is 3.55. The van der Waals surface area contributed by atoms with Crippen molar-refractivity contribution in [2.45, 2.75) is 32.4 Å². The minimum atomic E-state index is -1.05. The Balaban J connectivity index is 4.42. The van der Waals surface area contributed by atoms with E-state index in [4.69, 9.17) is 16.6 Å². The van der Waals surface area contributed by atoms with Crippen molar-refractivity contribution in [2.75, 3.05) is 6.54 Å². The van der Waals surface area contributed by atoms with E-state index in [2.05, 4.69) is 5.32 Å². The molecule has 6 heteroatoms. The van der Waals surface area contributed by atoms with Crippen molar-refractivity contribution in [1.82, 2.24) is 5.32 Å². The Morgan fingerprint density at radius 1 is 1.47 bits per heavy atom. The predicted octanol–water partition coefficient (Wildman–Crippen LogP) is -1.11. The molecule has 0 saturated carbocycles. The van der Waals surface area contributed by atoms with E-state index in [1.54, 1.807) is 6.92 Å². The molecule has 6 nitrogen and oxygen atoms in total. The van der Waals surface area contributed by atoms with Crippen molar-refractivity contribution >= 4 is 11.9 Å². The minimum Gasteiger partial charge on any atom is -0.480 e. The van der Waals surface area contributed by atoms with Gasteiger partial charge in [-0.1, -0.05) is 20.3 Å². The summed E-state index contributed by atoms with van der Waals surface area (Å²) >= 11 is 0. The Labute approximate surface area is 89.0 Å². The zero-order valence-electron chi connectivity index (χ0n) is 9.06. The zero-order chi connectivity index (χ0) is 12.0. The zero-order valence-corrected chi connectivity index (χ0v) is 9.06. The van der Waals surface area contributed by atoms with Crippen LogP contribution < -0.4 is 16.8 Å². The average Bonchev–Trinajstić information content (AvgIpc) is 2.22. The van der Waals surface area contributed by atoms with Crippen molar-refractivity contribution in [2.24, 2.45) is 17.4 Å². The molecule has 0 aliphatic carbocycles. The molecule has 0 aliphatic heterocycles. The van der Waals surface area contributed by atoms with Crippen LogP contribution in [-0.4, -0.2) is 35.6 Å². The van der Waals surface area contributed by atoms with E-state index in [1.807, 2.05) is 6.92 Å². The number of carboxylic acid groups (broad SMARTS) is 1. The van der Waals surface area contributed by atoms with Crippen LogP contribution in [-0.2, 0) is 9.59 Å². The summed E-state index contributed by atoms with van der Waals surface area (Å²) < 4.78 is 0. The second-order valence-electron chi connectivity index (χ2n) is 3.55. The van der Waals surface area contributed by atoms with E-state index < -0.39 is 24.0 Å². The van der Waals surface area contributed by atoms with Crippen LogP contribution in [0.15, 0.2) is 0 Å². The Morgan fingerprint density at radius 3 is 2.33 bits per heavy atom. The Kier molecular flexibility index (Phi) is 5.88. The van der Waals surface area contributed by atoms with Crippen LogP contribution in [0.25, 0.3) is 0 Å². The number of carboxylic acids is 1. The van der Waals surface area contributed by atoms with Crippen molar-refractivity contribution in [3.05, 3.63) is 0 Å². The van der Waals surface area contributed by atoms with Crippen LogP contribution in [0.5, 0.6) is 0 Å². The number of nitrogens with two attached hydrogens (primary N) is 2. The van der Waals surface area contributed by atoms with E-state index in [-0.39, 0.29) is 12.5 Å².